The fraction of sp³-hybridized carbons (Fsp3) is 0.812. The second kappa shape index (κ2) is 4.76. The van der Waals surface area contributed by atoms with Crippen LogP contribution in [0.2, 0.25) is 0 Å². The van der Waals surface area contributed by atoms with Crippen LogP contribution in [0.4, 0.5) is 5.95 Å². The third-order valence-corrected chi connectivity index (χ3v) is 5.80. The summed E-state index contributed by atoms with van der Waals surface area (Å²) in [6.07, 6.45) is 8.00. The molecule has 2 saturated carbocycles. The number of rotatable bonds is 5. The molecule has 2 bridgehead atoms. The van der Waals surface area contributed by atoms with Crippen molar-refractivity contribution in [3.8, 4) is 0 Å². The average Bonchev–Trinajstić information content (AvgIpc) is 3.03. The van der Waals surface area contributed by atoms with Crippen molar-refractivity contribution in [2.45, 2.75) is 52.6 Å². The second-order valence-corrected chi connectivity index (χ2v) is 7.43. The van der Waals surface area contributed by atoms with E-state index in [2.05, 4.69) is 35.6 Å². The molecule has 2 aliphatic carbocycles. The number of methoxy groups -OCH3 is 1. The molecular formula is C16H27N3O. The van der Waals surface area contributed by atoms with E-state index in [9.17, 15) is 0 Å². The van der Waals surface area contributed by atoms with Gasteiger partial charge in [-0.05, 0) is 36.0 Å². The SMILES string of the molecule is COCCn1ccnc1NC1C2(C)CCC(C2)C1(C)C. The third kappa shape index (κ3) is 2.05. The topological polar surface area (TPSA) is 39.1 Å². The summed E-state index contributed by atoms with van der Waals surface area (Å²) < 4.78 is 7.34. The van der Waals surface area contributed by atoms with Crippen LogP contribution >= 0.6 is 0 Å². The lowest BCUT2D eigenvalue weighted by Gasteiger charge is -2.43. The standard InChI is InChI=1S/C16H27N3O/c1-15(2)12-5-6-16(3,11-12)13(15)18-14-17-7-8-19(14)9-10-20-4/h7-8,12-13H,5-6,9-11H2,1-4H3,(H,17,18). The van der Waals surface area contributed by atoms with Crippen molar-refractivity contribution in [1.82, 2.24) is 9.55 Å². The number of ether oxygens (including phenoxy) is 1. The first-order chi connectivity index (χ1) is 9.47. The van der Waals surface area contributed by atoms with Crippen LogP contribution in [0.15, 0.2) is 12.4 Å². The van der Waals surface area contributed by atoms with Crippen LogP contribution in [0.1, 0.15) is 40.0 Å². The highest BCUT2D eigenvalue weighted by Crippen LogP contribution is 2.62. The predicted molar refractivity (Wildman–Crippen MR) is 80.7 cm³/mol. The number of hydrogen-bond donors (Lipinski definition) is 1. The molecule has 2 fully saturated rings. The molecule has 1 aromatic rings. The molecule has 0 saturated heterocycles. The summed E-state index contributed by atoms with van der Waals surface area (Å²) in [5.74, 6) is 1.85. The van der Waals surface area contributed by atoms with E-state index in [4.69, 9.17) is 4.74 Å². The monoisotopic (exact) mass is 277 g/mol. The Morgan fingerprint density at radius 3 is 2.90 bits per heavy atom. The van der Waals surface area contributed by atoms with E-state index in [1.807, 2.05) is 12.4 Å². The zero-order chi connectivity index (χ0) is 14.4. The lowest BCUT2D eigenvalue weighted by Crippen LogP contribution is -2.46. The molecule has 3 atom stereocenters. The molecule has 4 nitrogen and oxygen atoms in total. The van der Waals surface area contributed by atoms with Crippen molar-refractivity contribution in [3.05, 3.63) is 12.4 Å². The zero-order valence-electron chi connectivity index (χ0n) is 13.1. The number of fused-ring (bicyclic) bond motifs is 2. The molecule has 3 unspecified atom stereocenters. The van der Waals surface area contributed by atoms with Gasteiger partial charge >= 0.3 is 0 Å². The summed E-state index contributed by atoms with van der Waals surface area (Å²) in [6, 6.07) is 0.512. The maximum absolute atomic E-state index is 5.17. The summed E-state index contributed by atoms with van der Waals surface area (Å²) in [4.78, 5) is 4.51. The Bertz CT molecular complexity index is 477. The van der Waals surface area contributed by atoms with Gasteiger partial charge in [0.15, 0.2) is 0 Å². The first-order valence-corrected chi connectivity index (χ1v) is 7.74. The smallest absolute Gasteiger partial charge is 0.203 e. The van der Waals surface area contributed by atoms with Crippen molar-refractivity contribution in [2.24, 2.45) is 16.7 Å². The van der Waals surface area contributed by atoms with Crippen LogP contribution < -0.4 is 5.32 Å². The number of anilines is 1. The van der Waals surface area contributed by atoms with E-state index in [1.54, 1.807) is 7.11 Å². The second-order valence-electron chi connectivity index (χ2n) is 7.43. The van der Waals surface area contributed by atoms with E-state index < -0.39 is 0 Å². The molecule has 1 N–H and O–H groups in total. The minimum atomic E-state index is 0.352. The van der Waals surface area contributed by atoms with Gasteiger partial charge in [0.1, 0.15) is 0 Å². The quantitative estimate of drug-likeness (QED) is 0.898. The highest BCUT2D eigenvalue weighted by molar-refractivity contribution is 5.33. The summed E-state index contributed by atoms with van der Waals surface area (Å²) in [5.41, 5.74) is 0.775. The van der Waals surface area contributed by atoms with Crippen LogP contribution in [-0.2, 0) is 11.3 Å². The number of hydrogen-bond acceptors (Lipinski definition) is 3. The summed E-state index contributed by atoms with van der Waals surface area (Å²) in [6.45, 7) is 8.86. The molecule has 3 rings (SSSR count). The fourth-order valence-corrected chi connectivity index (χ4v) is 4.61. The van der Waals surface area contributed by atoms with Gasteiger partial charge in [0.2, 0.25) is 5.95 Å². The average molecular weight is 277 g/mol. The Hall–Kier alpha value is -1.03. The van der Waals surface area contributed by atoms with E-state index >= 15 is 0 Å². The molecule has 0 aromatic carbocycles. The highest BCUT2D eigenvalue weighted by atomic mass is 16.5. The molecule has 4 heteroatoms. The maximum Gasteiger partial charge on any atom is 0.203 e. The van der Waals surface area contributed by atoms with Gasteiger partial charge in [0.05, 0.1) is 6.61 Å². The van der Waals surface area contributed by atoms with Crippen LogP contribution in [-0.4, -0.2) is 29.3 Å². The van der Waals surface area contributed by atoms with Gasteiger partial charge in [-0.2, -0.15) is 0 Å². The van der Waals surface area contributed by atoms with Crippen LogP contribution in [0.25, 0.3) is 0 Å². The van der Waals surface area contributed by atoms with E-state index in [0.717, 1.165) is 25.0 Å². The maximum atomic E-state index is 5.17. The molecule has 1 heterocycles. The molecule has 1 aromatic heterocycles. The van der Waals surface area contributed by atoms with E-state index in [-0.39, 0.29) is 0 Å². The van der Waals surface area contributed by atoms with Crippen LogP contribution in [0.3, 0.4) is 0 Å². The van der Waals surface area contributed by atoms with E-state index in [1.165, 1.54) is 19.3 Å². The zero-order valence-corrected chi connectivity index (χ0v) is 13.1. The lowest BCUT2D eigenvalue weighted by molar-refractivity contribution is 0.154. The number of nitrogens with zero attached hydrogens (tertiary/aromatic N) is 2. The number of imidazole rings is 1. The molecule has 0 radical (unpaired) electrons. The first kappa shape index (κ1) is 13.9. The van der Waals surface area contributed by atoms with Crippen LogP contribution in [0.5, 0.6) is 0 Å². The predicted octanol–water partition coefficient (Wildman–Crippen LogP) is 3.16. The van der Waals surface area contributed by atoms with Crippen molar-refractivity contribution in [2.75, 3.05) is 19.0 Å². The minimum absolute atomic E-state index is 0.352. The van der Waals surface area contributed by atoms with Gasteiger partial charge < -0.3 is 14.6 Å². The van der Waals surface area contributed by atoms with Gasteiger partial charge in [-0.15, -0.1) is 0 Å². The molecule has 0 aliphatic heterocycles. The molecule has 2 aliphatic rings. The van der Waals surface area contributed by atoms with Crippen LogP contribution in [0, 0.1) is 16.7 Å². The fourth-order valence-electron chi connectivity index (χ4n) is 4.61. The van der Waals surface area contributed by atoms with Gasteiger partial charge in [-0.1, -0.05) is 20.8 Å². The van der Waals surface area contributed by atoms with E-state index in [0.29, 0.717) is 16.9 Å². The Morgan fingerprint density at radius 2 is 2.25 bits per heavy atom. The van der Waals surface area contributed by atoms with Crippen molar-refractivity contribution in [3.63, 3.8) is 0 Å². The highest BCUT2D eigenvalue weighted by Gasteiger charge is 2.59. The summed E-state index contributed by atoms with van der Waals surface area (Å²) in [5, 5.41) is 3.76. The van der Waals surface area contributed by atoms with Gasteiger partial charge in [0, 0.05) is 32.1 Å². The normalized spacial score (nSPS) is 34.6. The Balaban J connectivity index is 1.79. The van der Waals surface area contributed by atoms with Crippen molar-refractivity contribution < 1.29 is 4.74 Å². The first-order valence-electron chi connectivity index (χ1n) is 7.74. The lowest BCUT2D eigenvalue weighted by atomic mass is 9.68. The number of aromatic nitrogens is 2. The Labute approximate surface area is 121 Å². The molecule has 0 amide bonds. The molecular weight excluding hydrogens is 250 g/mol. The molecule has 112 valence electrons. The molecule has 20 heavy (non-hydrogen) atoms. The summed E-state index contributed by atoms with van der Waals surface area (Å²) >= 11 is 0. The minimum Gasteiger partial charge on any atom is -0.383 e. The number of nitrogens with one attached hydrogen (secondary N) is 1. The molecule has 0 spiro atoms. The Kier molecular flexibility index (Phi) is 3.32. The van der Waals surface area contributed by atoms with Gasteiger partial charge in [0.25, 0.3) is 0 Å². The van der Waals surface area contributed by atoms with Crippen molar-refractivity contribution in [1.29, 1.82) is 0 Å². The third-order valence-electron chi connectivity index (χ3n) is 5.80. The largest absolute Gasteiger partial charge is 0.383 e. The van der Waals surface area contributed by atoms with Gasteiger partial charge in [-0.25, -0.2) is 4.98 Å². The van der Waals surface area contributed by atoms with Crippen molar-refractivity contribution >= 4 is 5.95 Å². The van der Waals surface area contributed by atoms with Gasteiger partial charge in [-0.3, -0.25) is 0 Å². The Morgan fingerprint density at radius 1 is 1.45 bits per heavy atom. The summed E-state index contributed by atoms with van der Waals surface area (Å²) in [7, 11) is 1.74.